The molecule has 8 heteroatoms. The fourth-order valence-electron chi connectivity index (χ4n) is 5.65. The van der Waals surface area contributed by atoms with Crippen molar-refractivity contribution in [2.45, 2.75) is 43.7 Å². The second kappa shape index (κ2) is 10.1. The van der Waals surface area contributed by atoms with Crippen LogP contribution in [-0.2, 0) is 19.1 Å². The highest BCUT2D eigenvalue weighted by molar-refractivity contribution is 5.80. The number of hydrogen-bond donors (Lipinski definition) is 3. The summed E-state index contributed by atoms with van der Waals surface area (Å²) >= 11 is 0. The Morgan fingerprint density at radius 2 is 1.66 bits per heavy atom. The van der Waals surface area contributed by atoms with E-state index in [0.29, 0.717) is 32.3 Å². The zero-order valence-corrected chi connectivity index (χ0v) is 19.4. The van der Waals surface area contributed by atoms with Crippen molar-refractivity contribution >= 4 is 18.0 Å². The van der Waals surface area contributed by atoms with E-state index in [9.17, 15) is 19.5 Å². The predicted octanol–water partition coefficient (Wildman–Crippen LogP) is 3.30. The molecule has 2 aliphatic carbocycles. The third kappa shape index (κ3) is 4.89. The number of amides is 2. The van der Waals surface area contributed by atoms with Crippen LogP contribution in [0.5, 0.6) is 0 Å². The maximum Gasteiger partial charge on any atom is 0.407 e. The van der Waals surface area contributed by atoms with Gasteiger partial charge in [0, 0.05) is 36.9 Å². The van der Waals surface area contributed by atoms with Crippen molar-refractivity contribution in [3.05, 3.63) is 59.7 Å². The molecule has 3 N–H and O–H groups in total. The number of benzene rings is 2. The molecule has 8 nitrogen and oxygen atoms in total. The molecule has 184 valence electrons. The monoisotopic (exact) mass is 478 g/mol. The average molecular weight is 479 g/mol. The van der Waals surface area contributed by atoms with Gasteiger partial charge in [-0.3, -0.25) is 4.79 Å². The second-order valence-corrected chi connectivity index (χ2v) is 9.60. The molecule has 4 atom stereocenters. The normalized spacial score (nSPS) is 25.0. The number of hydrogen-bond acceptors (Lipinski definition) is 5. The number of nitrogens with one attached hydrogen (secondary N) is 2. The van der Waals surface area contributed by atoms with Gasteiger partial charge in [0.1, 0.15) is 6.61 Å². The molecule has 0 spiro atoms. The van der Waals surface area contributed by atoms with Crippen LogP contribution in [0.4, 0.5) is 4.79 Å². The van der Waals surface area contributed by atoms with E-state index in [0.717, 1.165) is 11.1 Å². The molecular formula is C27H30N2O6. The van der Waals surface area contributed by atoms with Crippen molar-refractivity contribution < 1.29 is 29.0 Å². The van der Waals surface area contributed by atoms with Gasteiger partial charge in [-0.25, -0.2) is 9.59 Å². The van der Waals surface area contributed by atoms with Gasteiger partial charge in [-0.2, -0.15) is 0 Å². The predicted molar refractivity (Wildman–Crippen MR) is 128 cm³/mol. The molecule has 1 saturated carbocycles. The molecule has 0 bridgehead atoms. The minimum Gasteiger partial charge on any atom is -0.479 e. The first-order valence-electron chi connectivity index (χ1n) is 12.2. The van der Waals surface area contributed by atoms with E-state index in [2.05, 4.69) is 34.9 Å². The Morgan fingerprint density at radius 1 is 0.971 bits per heavy atom. The van der Waals surface area contributed by atoms with Gasteiger partial charge in [0.25, 0.3) is 0 Å². The highest BCUT2D eigenvalue weighted by Gasteiger charge is 2.36. The van der Waals surface area contributed by atoms with Crippen molar-refractivity contribution in [2.75, 3.05) is 19.8 Å². The van der Waals surface area contributed by atoms with Gasteiger partial charge < -0.3 is 25.2 Å². The summed E-state index contributed by atoms with van der Waals surface area (Å²) in [6, 6.07) is 16.3. The number of rotatable bonds is 7. The maximum atomic E-state index is 12.6. The molecule has 0 aromatic heterocycles. The fraction of sp³-hybridized carbons (Fsp3) is 0.444. The smallest absolute Gasteiger partial charge is 0.407 e. The van der Waals surface area contributed by atoms with Gasteiger partial charge in [0.15, 0.2) is 6.10 Å². The number of fused-ring (bicyclic) bond motifs is 3. The Hall–Kier alpha value is -3.39. The summed E-state index contributed by atoms with van der Waals surface area (Å²) < 4.78 is 10.9. The highest BCUT2D eigenvalue weighted by Crippen LogP contribution is 2.44. The minimum absolute atomic E-state index is 0.00412. The topological polar surface area (TPSA) is 114 Å². The summed E-state index contributed by atoms with van der Waals surface area (Å²) in [5, 5.41) is 15.0. The molecule has 3 aliphatic rings. The van der Waals surface area contributed by atoms with Crippen molar-refractivity contribution in [3.63, 3.8) is 0 Å². The number of carbonyl (C=O) groups excluding carboxylic acids is 2. The molecule has 2 unspecified atom stereocenters. The van der Waals surface area contributed by atoms with Gasteiger partial charge >= 0.3 is 12.1 Å². The third-order valence-electron chi connectivity index (χ3n) is 7.47. The fourth-order valence-corrected chi connectivity index (χ4v) is 5.65. The third-order valence-corrected chi connectivity index (χ3v) is 7.47. The molecule has 1 saturated heterocycles. The Balaban J connectivity index is 1.09. The first-order valence-corrected chi connectivity index (χ1v) is 12.2. The molecule has 1 heterocycles. The van der Waals surface area contributed by atoms with E-state index in [4.69, 9.17) is 9.47 Å². The van der Waals surface area contributed by atoms with Gasteiger partial charge in [0.2, 0.25) is 5.91 Å². The number of carbonyl (C=O) groups is 3. The summed E-state index contributed by atoms with van der Waals surface area (Å²) in [7, 11) is 0. The van der Waals surface area contributed by atoms with Crippen molar-refractivity contribution in [1.29, 1.82) is 0 Å². The zero-order chi connectivity index (χ0) is 24.4. The molecule has 5 rings (SSSR count). The number of ether oxygens (including phenoxy) is 2. The van der Waals surface area contributed by atoms with Crippen molar-refractivity contribution in [2.24, 2.45) is 11.8 Å². The lowest BCUT2D eigenvalue weighted by atomic mass is 9.98. The van der Waals surface area contributed by atoms with E-state index < -0.39 is 18.2 Å². The number of carboxylic acid groups (broad SMARTS) is 1. The zero-order valence-electron chi connectivity index (χ0n) is 19.4. The van der Waals surface area contributed by atoms with Gasteiger partial charge in [-0.05, 0) is 47.9 Å². The van der Waals surface area contributed by atoms with E-state index in [1.807, 2.05) is 24.3 Å². The first kappa shape index (κ1) is 23.4. The number of alkyl carbamates (subject to hydrolysis) is 1. The van der Waals surface area contributed by atoms with Crippen LogP contribution in [0.3, 0.4) is 0 Å². The number of carboxylic acids is 1. The lowest BCUT2D eigenvalue weighted by Crippen LogP contribution is -2.39. The molecule has 0 radical (unpaired) electrons. The molecule has 35 heavy (non-hydrogen) atoms. The molecule has 2 amide bonds. The van der Waals surface area contributed by atoms with Crippen molar-refractivity contribution in [1.82, 2.24) is 10.6 Å². The lowest BCUT2D eigenvalue weighted by Gasteiger charge is -2.18. The van der Waals surface area contributed by atoms with Crippen LogP contribution < -0.4 is 10.6 Å². The van der Waals surface area contributed by atoms with Crippen LogP contribution >= 0.6 is 0 Å². The summed E-state index contributed by atoms with van der Waals surface area (Å²) in [6.07, 6.45) is 1.20. The van der Waals surface area contributed by atoms with Gasteiger partial charge in [-0.1, -0.05) is 48.5 Å². The largest absolute Gasteiger partial charge is 0.479 e. The van der Waals surface area contributed by atoms with E-state index >= 15 is 0 Å². The second-order valence-electron chi connectivity index (χ2n) is 9.60. The molecule has 2 aromatic rings. The Labute approximate surface area is 204 Å². The van der Waals surface area contributed by atoms with Crippen LogP contribution in [0.2, 0.25) is 0 Å². The Bertz CT molecular complexity index is 1070. The van der Waals surface area contributed by atoms with Crippen LogP contribution in [0.25, 0.3) is 11.1 Å². The SMILES string of the molecule is O=C(N[C@@H]1CC[C@H](C(=O)NCC2CCOC2C(=O)O)C1)OCC1c2ccccc2-c2ccccc21. The van der Waals surface area contributed by atoms with E-state index in [1.54, 1.807) is 0 Å². The molecule has 1 aliphatic heterocycles. The summed E-state index contributed by atoms with van der Waals surface area (Å²) in [5.74, 6) is -1.51. The molecule has 2 aromatic carbocycles. The standard InChI is InChI=1S/C27H30N2O6/c30-25(28-14-17-11-12-34-24(17)26(31)32)16-9-10-18(13-16)29-27(33)35-15-23-21-7-3-1-5-19(21)20-6-2-4-8-22(20)23/h1-8,16-18,23-24H,9-15H2,(H,28,30)(H,29,33)(H,31,32)/t16-,17?,18+,24?/m0/s1. The number of aliphatic carboxylic acids is 1. The van der Waals surface area contributed by atoms with E-state index in [1.165, 1.54) is 11.1 Å². The Morgan fingerprint density at radius 3 is 2.34 bits per heavy atom. The van der Waals surface area contributed by atoms with Crippen molar-refractivity contribution in [3.8, 4) is 11.1 Å². The minimum atomic E-state index is -0.991. The van der Waals surface area contributed by atoms with Gasteiger partial charge in [0.05, 0.1) is 0 Å². The summed E-state index contributed by atoms with van der Waals surface area (Å²) in [5.41, 5.74) is 4.69. The van der Waals surface area contributed by atoms with Crippen LogP contribution in [0.15, 0.2) is 48.5 Å². The van der Waals surface area contributed by atoms with Crippen LogP contribution in [-0.4, -0.2) is 55.0 Å². The average Bonchev–Trinajstić information content (AvgIpc) is 3.59. The Kier molecular flexibility index (Phi) is 6.72. The van der Waals surface area contributed by atoms with Crippen LogP contribution in [0, 0.1) is 11.8 Å². The van der Waals surface area contributed by atoms with Crippen LogP contribution in [0.1, 0.15) is 42.7 Å². The van der Waals surface area contributed by atoms with E-state index in [-0.39, 0.29) is 42.9 Å². The lowest BCUT2D eigenvalue weighted by molar-refractivity contribution is -0.149. The summed E-state index contributed by atoms with van der Waals surface area (Å²) in [6.45, 7) is 0.939. The summed E-state index contributed by atoms with van der Waals surface area (Å²) in [4.78, 5) is 36.4. The molecule has 2 fully saturated rings. The van der Waals surface area contributed by atoms with Gasteiger partial charge in [-0.15, -0.1) is 0 Å². The first-order chi connectivity index (χ1) is 17.0. The highest BCUT2D eigenvalue weighted by atomic mass is 16.5. The maximum absolute atomic E-state index is 12.6. The molecular weight excluding hydrogens is 448 g/mol. The quantitative estimate of drug-likeness (QED) is 0.563.